The van der Waals surface area contributed by atoms with Crippen LogP contribution in [0.5, 0.6) is 0 Å². The molecule has 0 aromatic heterocycles. The van der Waals surface area contributed by atoms with Crippen LogP contribution in [0.2, 0.25) is 0 Å². The number of methoxy groups -OCH3 is 3. The van der Waals surface area contributed by atoms with Gasteiger partial charge in [0.25, 0.3) is 0 Å². The van der Waals surface area contributed by atoms with Crippen LogP contribution < -0.4 is 0 Å². The first-order valence-electron chi connectivity index (χ1n) is 16.8. The molecule has 0 heterocycles. The second-order valence-corrected chi connectivity index (χ2v) is 9.64. The van der Waals surface area contributed by atoms with Crippen LogP contribution in [0.3, 0.4) is 0 Å². The van der Waals surface area contributed by atoms with Crippen molar-refractivity contribution in [3.8, 4) is 0 Å². The van der Waals surface area contributed by atoms with Gasteiger partial charge in [0.2, 0.25) is 0 Å². The smallest absolute Gasteiger partial charge is 0.411 e. The molecule has 1 radical (unpaired) electrons. The van der Waals surface area contributed by atoms with Crippen LogP contribution in [0.1, 0.15) is 12.8 Å². The van der Waals surface area contributed by atoms with E-state index in [-0.39, 0.29) is 6.29 Å². The molecule has 0 amide bonds. The highest BCUT2D eigenvalue weighted by molar-refractivity contribution is 6.17. The maximum Gasteiger partial charge on any atom is 0.488 e. The van der Waals surface area contributed by atoms with E-state index in [2.05, 4.69) is 0 Å². The summed E-state index contributed by atoms with van der Waals surface area (Å²) < 4.78 is 86.2. The summed E-state index contributed by atoms with van der Waals surface area (Å²) >= 11 is 0. The van der Waals surface area contributed by atoms with E-state index in [1.54, 1.807) is 21.3 Å². The second-order valence-electron chi connectivity index (χ2n) is 9.64. The molecule has 0 spiro atoms. The second kappa shape index (κ2) is 44.4. The fourth-order valence-corrected chi connectivity index (χ4v) is 3.34. The van der Waals surface area contributed by atoms with Crippen molar-refractivity contribution in [3.63, 3.8) is 0 Å². The van der Waals surface area contributed by atoms with Crippen LogP contribution >= 0.6 is 0 Å². The maximum absolute atomic E-state index is 5.88. The van der Waals surface area contributed by atoms with E-state index < -0.39 is 0 Å². The number of rotatable bonds is 44. The summed E-state index contributed by atoms with van der Waals surface area (Å²) in [7, 11) is 6.22. The zero-order chi connectivity index (χ0) is 34.7. The Balaban J connectivity index is 3.67. The maximum atomic E-state index is 5.88. The Labute approximate surface area is 289 Å². The van der Waals surface area contributed by atoms with Crippen molar-refractivity contribution in [1.82, 2.24) is 0 Å². The van der Waals surface area contributed by atoms with Gasteiger partial charge in [-0.25, -0.2) is 0 Å². The van der Waals surface area contributed by atoms with Gasteiger partial charge >= 0.3 is 7.69 Å². The first-order chi connectivity index (χ1) is 23.8. The van der Waals surface area contributed by atoms with Gasteiger partial charge in [-0.3, -0.25) is 0 Å². The molecule has 0 N–H and O–H groups in total. The van der Waals surface area contributed by atoms with Gasteiger partial charge in [0.1, 0.15) is 0 Å². The Bertz CT molecular complexity index is 551. The third kappa shape index (κ3) is 41.6. The predicted octanol–water partition coefficient (Wildman–Crippen LogP) is 0.782. The topological polar surface area (TPSA) is 148 Å². The van der Waals surface area contributed by atoms with Gasteiger partial charge in [-0.1, -0.05) is 0 Å². The average Bonchev–Trinajstić information content (AvgIpc) is 3.10. The van der Waals surface area contributed by atoms with Gasteiger partial charge in [-0.2, -0.15) is 0 Å². The van der Waals surface area contributed by atoms with Gasteiger partial charge in [0.15, 0.2) is 6.29 Å². The predicted molar refractivity (Wildman–Crippen MR) is 176 cm³/mol. The molecule has 0 aromatic rings. The van der Waals surface area contributed by atoms with Gasteiger partial charge in [0, 0.05) is 34.4 Å². The first kappa shape index (κ1) is 47.4. The van der Waals surface area contributed by atoms with Crippen molar-refractivity contribution in [2.75, 3.05) is 187 Å². The molecule has 0 saturated heterocycles. The summed E-state index contributed by atoms with van der Waals surface area (Å²) in [5.74, 6) is 0. The highest BCUT2D eigenvalue weighted by atomic mass is 16.7. The zero-order valence-electron chi connectivity index (χ0n) is 29.8. The quantitative estimate of drug-likeness (QED) is 0.0500. The van der Waals surface area contributed by atoms with Crippen LogP contribution in [0.25, 0.3) is 0 Å². The van der Waals surface area contributed by atoms with Gasteiger partial charge in [-0.05, 0) is 6.42 Å². The molecule has 0 rings (SSSR count). The molecule has 17 heteroatoms. The summed E-state index contributed by atoms with van der Waals surface area (Å²) in [5.41, 5.74) is 0. The first-order valence-corrected chi connectivity index (χ1v) is 16.8. The van der Waals surface area contributed by atoms with Gasteiger partial charge in [0.05, 0.1) is 159 Å². The molecule has 0 aliphatic rings. The molecule has 0 bridgehead atoms. The molecule has 48 heavy (non-hydrogen) atoms. The Morgan fingerprint density at radius 3 is 0.917 bits per heavy atom. The summed E-state index contributed by atoms with van der Waals surface area (Å²) in [5, 5.41) is 0. The lowest BCUT2D eigenvalue weighted by atomic mass is 10.3. The molecule has 0 atom stereocenters. The number of hydrogen-bond acceptors (Lipinski definition) is 16. The highest BCUT2D eigenvalue weighted by Crippen LogP contribution is 2.05. The van der Waals surface area contributed by atoms with Gasteiger partial charge in [-0.15, -0.1) is 0 Å². The zero-order valence-corrected chi connectivity index (χ0v) is 29.8. The van der Waals surface area contributed by atoms with E-state index in [0.717, 1.165) is 6.42 Å². The SMILES string of the molecule is COCCOCCOCCOCCO[B]OCCOCCOCCCC(OCCOCCOCCOC)OCCOCCOCCOC. The van der Waals surface area contributed by atoms with E-state index in [4.69, 9.17) is 75.6 Å². The van der Waals surface area contributed by atoms with E-state index in [0.29, 0.717) is 172 Å². The molecule has 0 aromatic carbocycles. The molecule has 16 nitrogen and oxygen atoms in total. The van der Waals surface area contributed by atoms with Crippen molar-refractivity contribution in [1.29, 1.82) is 0 Å². The lowest BCUT2D eigenvalue weighted by Gasteiger charge is -2.19. The van der Waals surface area contributed by atoms with Crippen LogP contribution in [-0.4, -0.2) is 200 Å². The van der Waals surface area contributed by atoms with Crippen molar-refractivity contribution >= 4 is 7.69 Å². The number of hydrogen-bond donors (Lipinski definition) is 0. The Morgan fingerprint density at radius 2 is 0.583 bits per heavy atom. The Kier molecular flexibility index (Phi) is 43.9. The fourth-order valence-electron chi connectivity index (χ4n) is 3.34. The lowest BCUT2D eigenvalue weighted by molar-refractivity contribution is -0.164. The molecule has 0 saturated carbocycles. The molecular formula is C31H64BO16. The summed E-state index contributed by atoms with van der Waals surface area (Å²) in [6.45, 7) is 12.3. The molecule has 0 unspecified atom stereocenters. The Morgan fingerprint density at radius 1 is 0.312 bits per heavy atom. The minimum atomic E-state index is -0.383. The van der Waals surface area contributed by atoms with E-state index in [9.17, 15) is 0 Å². The van der Waals surface area contributed by atoms with Crippen LogP contribution in [0, 0.1) is 0 Å². The monoisotopic (exact) mass is 703 g/mol. The van der Waals surface area contributed by atoms with Crippen molar-refractivity contribution in [3.05, 3.63) is 0 Å². The minimum absolute atomic E-state index is 0.382. The average molecular weight is 704 g/mol. The van der Waals surface area contributed by atoms with E-state index >= 15 is 0 Å². The third-order valence-electron chi connectivity index (χ3n) is 5.77. The Hall–Kier alpha value is -0.575. The van der Waals surface area contributed by atoms with Crippen molar-refractivity contribution in [2.45, 2.75) is 19.1 Å². The summed E-state index contributed by atoms with van der Waals surface area (Å²) in [6.07, 6.45) is 1.06. The van der Waals surface area contributed by atoms with Crippen LogP contribution in [0.4, 0.5) is 0 Å². The van der Waals surface area contributed by atoms with Crippen LogP contribution in [-0.2, 0) is 75.6 Å². The molecule has 287 valence electrons. The molecule has 0 fully saturated rings. The normalized spacial score (nSPS) is 11.7. The minimum Gasteiger partial charge on any atom is -0.411 e. The standard InChI is InChI=1S/C31H64BO16/c1-33-7-10-37-15-18-40-19-22-44-26-30-48-32-47-29-25-43-14-13-36-6-4-5-31(45-27-23-41-20-16-38-11-8-34-2)46-28-24-42-21-17-39-12-9-35-3/h31H,4-30H2,1-3H3. The van der Waals surface area contributed by atoms with Crippen molar-refractivity contribution in [2.24, 2.45) is 0 Å². The summed E-state index contributed by atoms with van der Waals surface area (Å²) in [6, 6.07) is 0. The highest BCUT2D eigenvalue weighted by Gasteiger charge is 2.10. The largest absolute Gasteiger partial charge is 0.488 e. The van der Waals surface area contributed by atoms with Gasteiger partial charge < -0.3 is 75.6 Å². The van der Waals surface area contributed by atoms with E-state index in [1.165, 1.54) is 7.69 Å². The number of ether oxygens (including phenoxy) is 14. The third-order valence-corrected chi connectivity index (χ3v) is 5.77. The van der Waals surface area contributed by atoms with E-state index in [1.807, 2.05) is 0 Å². The fraction of sp³-hybridized carbons (Fsp3) is 1.00. The van der Waals surface area contributed by atoms with Crippen LogP contribution in [0.15, 0.2) is 0 Å². The van der Waals surface area contributed by atoms with Crippen molar-refractivity contribution < 1.29 is 75.6 Å². The summed E-state index contributed by atoms with van der Waals surface area (Å²) in [4.78, 5) is 0. The molecular weight excluding hydrogens is 639 g/mol. The molecule has 0 aliphatic carbocycles. The lowest BCUT2D eigenvalue weighted by Crippen LogP contribution is -2.23. The molecule has 0 aliphatic heterocycles.